The Morgan fingerprint density at radius 3 is 2.74 bits per heavy atom. The van der Waals surface area contributed by atoms with E-state index in [-0.39, 0.29) is 18.9 Å². The quantitative estimate of drug-likeness (QED) is 0.823. The molecule has 0 saturated carbocycles. The van der Waals surface area contributed by atoms with Gasteiger partial charge in [-0.2, -0.15) is 0 Å². The lowest BCUT2D eigenvalue weighted by Gasteiger charge is -2.11. The number of hydrogen-bond acceptors (Lipinski definition) is 3. The SMILES string of the molecule is CCCOc1cccc(CC(=O)Nc2cc(CO)ccc2C)c1. The fourth-order valence-corrected chi connectivity index (χ4v) is 2.25. The van der Waals surface area contributed by atoms with Crippen molar-refractivity contribution >= 4 is 11.6 Å². The van der Waals surface area contributed by atoms with E-state index >= 15 is 0 Å². The molecule has 0 saturated heterocycles. The van der Waals surface area contributed by atoms with E-state index in [9.17, 15) is 9.90 Å². The molecule has 122 valence electrons. The van der Waals surface area contributed by atoms with Crippen molar-refractivity contribution in [1.29, 1.82) is 0 Å². The van der Waals surface area contributed by atoms with E-state index in [0.29, 0.717) is 6.61 Å². The molecule has 0 fully saturated rings. The number of ether oxygens (including phenoxy) is 1. The Labute approximate surface area is 137 Å². The highest BCUT2D eigenvalue weighted by molar-refractivity contribution is 5.93. The maximum absolute atomic E-state index is 12.2. The molecule has 4 nitrogen and oxygen atoms in total. The van der Waals surface area contributed by atoms with E-state index in [1.165, 1.54) is 0 Å². The van der Waals surface area contributed by atoms with Gasteiger partial charge in [0.15, 0.2) is 0 Å². The van der Waals surface area contributed by atoms with Crippen molar-refractivity contribution < 1.29 is 14.6 Å². The van der Waals surface area contributed by atoms with Gasteiger partial charge in [0.05, 0.1) is 19.6 Å². The fourth-order valence-electron chi connectivity index (χ4n) is 2.25. The van der Waals surface area contributed by atoms with Gasteiger partial charge in [-0.3, -0.25) is 4.79 Å². The minimum atomic E-state index is -0.0872. The van der Waals surface area contributed by atoms with Crippen LogP contribution in [0.5, 0.6) is 5.75 Å². The Kier molecular flexibility index (Phi) is 6.18. The first-order chi connectivity index (χ1) is 11.1. The number of nitrogens with one attached hydrogen (secondary N) is 1. The molecule has 0 heterocycles. The summed E-state index contributed by atoms with van der Waals surface area (Å²) >= 11 is 0. The third kappa shape index (κ3) is 5.11. The van der Waals surface area contributed by atoms with E-state index in [2.05, 4.69) is 12.2 Å². The number of carbonyl (C=O) groups is 1. The van der Waals surface area contributed by atoms with Gasteiger partial charge < -0.3 is 15.2 Å². The average Bonchev–Trinajstić information content (AvgIpc) is 2.55. The van der Waals surface area contributed by atoms with Gasteiger partial charge >= 0.3 is 0 Å². The maximum atomic E-state index is 12.2. The monoisotopic (exact) mass is 313 g/mol. The van der Waals surface area contributed by atoms with Gasteiger partial charge in [-0.05, 0) is 48.2 Å². The lowest BCUT2D eigenvalue weighted by Crippen LogP contribution is -2.15. The van der Waals surface area contributed by atoms with Gasteiger partial charge in [-0.15, -0.1) is 0 Å². The summed E-state index contributed by atoms with van der Waals surface area (Å²) in [7, 11) is 0. The molecule has 2 N–H and O–H groups in total. The first-order valence-corrected chi connectivity index (χ1v) is 7.84. The van der Waals surface area contributed by atoms with Gasteiger partial charge in [0.25, 0.3) is 0 Å². The van der Waals surface area contributed by atoms with E-state index in [0.717, 1.165) is 34.5 Å². The molecular formula is C19H23NO3. The van der Waals surface area contributed by atoms with Gasteiger partial charge in [0.1, 0.15) is 5.75 Å². The van der Waals surface area contributed by atoms with Crippen LogP contribution >= 0.6 is 0 Å². The molecule has 0 aliphatic rings. The Morgan fingerprint density at radius 1 is 1.17 bits per heavy atom. The molecule has 0 atom stereocenters. The van der Waals surface area contributed by atoms with E-state index in [4.69, 9.17) is 4.74 Å². The average molecular weight is 313 g/mol. The molecule has 0 spiro atoms. The first-order valence-electron chi connectivity index (χ1n) is 7.84. The predicted octanol–water partition coefficient (Wildman–Crippen LogP) is 3.46. The number of anilines is 1. The number of aliphatic hydroxyl groups is 1. The van der Waals surface area contributed by atoms with Crippen LogP contribution in [0.2, 0.25) is 0 Å². The molecule has 0 bridgehead atoms. The number of rotatable bonds is 7. The highest BCUT2D eigenvalue weighted by atomic mass is 16.5. The maximum Gasteiger partial charge on any atom is 0.228 e. The minimum Gasteiger partial charge on any atom is -0.494 e. The standard InChI is InChI=1S/C19H23NO3/c1-3-9-23-17-6-4-5-15(10-17)12-19(22)20-18-11-16(13-21)8-7-14(18)2/h4-8,10-11,21H,3,9,12-13H2,1-2H3,(H,20,22). The van der Waals surface area contributed by atoms with E-state index in [1.54, 1.807) is 6.07 Å². The second-order valence-corrected chi connectivity index (χ2v) is 5.53. The van der Waals surface area contributed by atoms with Crippen molar-refractivity contribution in [3.63, 3.8) is 0 Å². The van der Waals surface area contributed by atoms with Crippen LogP contribution in [-0.4, -0.2) is 17.6 Å². The number of amides is 1. The smallest absolute Gasteiger partial charge is 0.228 e. The van der Waals surface area contributed by atoms with Crippen LogP contribution in [0.1, 0.15) is 30.0 Å². The first kappa shape index (κ1) is 17.0. The molecule has 23 heavy (non-hydrogen) atoms. The number of carbonyl (C=O) groups excluding carboxylic acids is 1. The summed E-state index contributed by atoms with van der Waals surface area (Å²) in [5.74, 6) is 0.700. The molecule has 1 amide bonds. The van der Waals surface area contributed by atoms with Gasteiger partial charge in [0.2, 0.25) is 5.91 Å². The lowest BCUT2D eigenvalue weighted by molar-refractivity contribution is -0.115. The summed E-state index contributed by atoms with van der Waals surface area (Å²) in [6, 6.07) is 13.1. The zero-order chi connectivity index (χ0) is 16.7. The normalized spacial score (nSPS) is 10.4. The summed E-state index contributed by atoms with van der Waals surface area (Å²) < 4.78 is 5.59. The highest BCUT2D eigenvalue weighted by Crippen LogP contribution is 2.18. The van der Waals surface area contributed by atoms with Crippen LogP contribution in [0.15, 0.2) is 42.5 Å². The van der Waals surface area contributed by atoms with Crippen LogP contribution < -0.4 is 10.1 Å². The second kappa shape index (κ2) is 8.34. The van der Waals surface area contributed by atoms with E-state index in [1.807, 2.05) is 43.3 Å². The third-order valence-corrected chi connectivity index (χ3v) is 3.49. The molecular weight excluding hydrogens is 290 g/mol. The number of aryl methyl sites for hydroxylation is 1. The van der Waals surface area contributed by atoms with Crippen LogP contribution in [0.4, 0.5) is 5.69 Å². The summed E-state index contributed by atoms with van der Waals surface area (Å²) in [5.41, 5.74) is 3.39. The second-order valence-electron chi connectivity index (χ2n) is 5.53. The van der Waals surface area contributed by atoms with E-state index < -0.39 is 0 Å². The van der Waals surface area contributed by atoms with Crippen molar-refractivity contribution in [3.05, 3.63) is 59.2 Å². The number of hydrogen-bond donors (Lipinski definition) is 2. The molecule has 2 aromatic carbocycles. The Hall–Kier alpha value is -2.33. The summed E-state index contributed by atoms with van der Waals surface area (Å²) in [6.07, 6.45) is 1.23. The molecule has 2 aromatic rings. The fraction of sp³-hybridized carbons (Fsp3) is 0.316. The van der Waals surface area contributed by atoms with Crippen LogP contribution in [0, 0.1) is 6.92 Å². The molecule has 4 heteroatoms. The molecule has 2 rings (SSSR count). The van der Waals surface area contributed by atoms with Crippen molar-refractivity contribution in [1.82, 2.24) is 0 Å². The highest BCUT2D eigenvalue weighted by Gasteiger charge is 2.08. The van der Waals surface area contributed by atoms with Gasteiger partial charge in [-0.25, -0.2) is 0 Å². The van der Waals surface area contributed by atoms with Crippen molar-refractivity contribution in [2.45, 2.75) is 33.3 Å². The van der Waals surface area contributed by atoms with Gasteiger partial charge in [0, 0.05) is 5.69 Å². The van der Waals surface area contributed by atoms with Crippen molar-refractivity contribution in [2.75, 3.05) is 11.9 Å². The van der Waals surface area contributed by atoms with Gasteiger partial charge in [-0.1, -0.05) is 31.2 Å². The largest absolute Gasteiger partial charge is 0.494 e. The Morgan fingerprint density at radius 2 is 2.00 bits per heavy atom. The van der Waals surface area contributed by atoms with Crippen molar-refractivity contribution in [3.8, 4) is 5.75 Å². The zero-order valence-electron chi connectivity index (χ0n) is 13.6. The number of aliphatic hydroxyl groups excluding tert-OH is 1. The number of benzene rings is 2. The minimum absolute atomic E-state index is 0.0417. The zero-order valence-corrected chi connectivity index (χ0v) is 13.6. The third-order valence-electron chi connectivity index (χ3n) is 3.49. The molecule has 0 unspecified atom stereocenters. The topological polar surface area (TPSA) is 58.6 Å². The van der Waals surface area contributed by atoms with Crippen molar-refractivity contribution in [2.24, 2.45) is 0 Å². The summed E-state index contributed by atoms with van der Waals surface area (Å²) in [4.78, 5) is 12.2. The molecule has 0 aliphatic heterocycles. The summed E-state index contributed by atoms with van der Waals surface area (Å²) in [5, 5.41) is 12.1. The van der Waals surface area contributed by atoms with Crippen LogP contribution in [0.25, 0.3) is 0 Å². The van der Waals surface area contributed by atoms with Crippen LogP contribution in [-0.2, 0) is 17.8 Å². The summed E-state index contributed by atoms with van der Waals surface area (Å²) in [6.45, 7) is 4.61. The van der Waals surface area contributed by atoms with Crippen LogP contribution in [0.3, 0.4) is 0 Å². The Balaban J connectivity index is 2.02. The molecule has 0 aromatic heterocycles. The molecule has 0 radical (unpaired) electrons. The predicted molar refractivity (Wildman–Crippen MR) is 91.7 cm³/mol. The molecule has 0 aliphatic carbocycles. The lowest BCUT2D eigenvalue weighted by atomic mass is 10.1. The Bertz CT molecular complexity index is 667.